The third-order valence-electron chi connectivity index (χ3n) is 4.94. The van der Waals surface area contributed by atoms with Crippen LogP contribution in [0.3, 0.4) is 0 Å². The van der Waals surface area contributed by atoms with Gasteiger partial charge in [0.05, 0.1) is 21.1 Å². The van der Waals surface area contributed by atoms with Gasteiger partial charge in [0.2, 0.25) is 0 Å². The maximum absolute atomic E-state index is 12.0. The van der Waals surface area contributed by atoms with Crippen LogP contribution in [0.2, 0.25) is 0 Å². The third-order valence-corrected chi connectivity index (χ3v) is 6.06. The summed E-state index contributed by atoms with van der Waals surface area (Å²) in [5.74, 6) is -0.897. The Hall–Kier alpha value is -0.660. The number of nitrogens with zero attached hydrogens (tertiary/aromatic N) is 1. The summed E-state index contributed by atoms with van der Waals surface area (Å²) in [5.41, 5.74) is 0. The van der Waals surface area contributed by atoms with Gasteiger partial charge in [0.1, 0.15) is 28.5 Å². The highest BCUT2D eigenvalue weighted by Gasteiger charge is 2.26. The second kappa shape index (κ2) is 15.2. The Morgan fingerprint density at radius 1 is 0.857 bits per heavy atom. The van der Waals surface area contributed by atoms with E-state index in [1.807, 2.05) is 21.1 Å². The number of ether oxygens (including phenoxy) is 1. The molecule has 0 heterocycles. The summed E-state index contributed by atoms with van der Waals surface area (Å²) in [6, 6.07) is 0. The molecule has 1 unspecified atom stereocenters. The lowest BCUT2D eigenvalue weighted by molar-refractivity contribution is -0.870. The Bertz CT molecular complexity index is 499. The molecular formula is C21H43NO5S. The van der Waals surface area contributed by atoms with Crippen LogP contribution in [-0.4, -0.2) is 63.0 Å². The molecule has 0 aromatic rings. The molecule has 0 saturated carbocycles. The van der Waals surface area contributed by atoms with E-state index in [1.54, 1.807) is 0 Å². The fraction of sp³-hybridized carbons (Fsp3) is 0.952. The molecule has 0 bridgehead atoms. The quantitative estimate of drug-likeness (QED) is 0.143. The zero-order valence-electron chi connectivity index (χ0n) is 18.6. The van der Waals surface area contributed by atoms with Crippen molar-refractivity contribution in [3.8, 4) is 0 Å². The molecule has 0 aliphatic rings. The second-order valence-electron chi connectivity index (χ2n) is 8.84. The van der Waals surface area contributed by atoms with Gasteiger partial charge >= 0.3 is 5.97 Å². The Morgan fingerprint density at radius 3 is 1.68 bits per heavy atom. The molecule has 168 valence electrons. The lowest BCUT2D eigenvalue weighted by Crippen LogP contribution is -2.39. The lowest BCUT2D eigenvalue weighted by atomic mass is 10.0. The van der Waals surface area contributed by atoms with E-state index < -0.39 is 21.3 Å². The SMILES string of the molecule is CCCCCCCCCCCCCCC(C(=O)OCC[N+](C)(C)C)S(=O)(=O)[O-]. The number of esters is 1. The third kappa shape index (κ3) is 16.3. The highest BCUT2D eigenvalue weighted by molar-refractivity contribution is 7.87. The lowest BCUT2D eigenvalue weighted by Gasteiger charge is -2.24. The minimum atomic E-state index is -4.67. The predicted octanol–water partition coefficient (Wildman–Crippen LogP) is 4.24. The normalized spacial score (nSPS) is 13.5. The molecule has 0 saturated heterocycles. The van der Waals surface area contributed by atoms with Gasteiger partial charge in [-0.15, -0.1) is 0 Å². The van der Waals surface area contributed by atoms with E-state index in [4.69, 9.17) is 4.74 Å². The van der Waals surface area contributed by atoms with Crippen LogP contribution in [-0.2, 0) is 19.6 Å². The first-order valence-electron chi connectivity index (χ1n) is 11.0. The van der Waals surface area contributed by atoms with Gasteiger partial charge in [-0.25, -0.2) is 8.42 Å². The summed E-state index contributed by atoms with van der Waals surface area (Å²) in [4.78, 5) is 12.0. The Morgan fingerprint density at radius 2 is 1.29 bits per heavy atom. The van der Waals surface area contributed by atoms with E-state index in [0.29, 0.717) is 17.4 Å². The molecule has 6 nitrogen and oxygen atoms in total. The Labute approximate surface area is 173 Å². The van der Waals surface area contributed by atoms with E-state index in [0.717, 1.165) is 19.3 Å². The fourth-order valence-corrected chi connectivity index (χ4v) is 3.82. The number of carbonyl (C=O) groups is 1. The van der Waals surface area contributed by atoms with Gasteiger partial charge in [-0.2, -0.15) is 0 Å². The van der Waals surface area contributed by atoms with Crippen LogP contribution in [0.4, 0.5) is 0 Å². The van der Waals surface area contributed by atoms with Crippen molar-refractivity contribution >= 4 is 16.1 Å². The van der Waals surface area contributed by atoms with E-state index in [1.165, 1.54) is 51.4 Å². The minimum absolute atomic E-state index is 0.0620. The van der Waals surface area contributed by atoms with Gasteiger partial charge in [0.25, 0.3) is 0 Å². The number of hydrogen-bond donors (Lipinski definition) is 0. The van der Waals surface area contributed by atoms with E-state index in [9.17, 15) is 17.8 Å². The fourth-order valence-electron chi connectivity index (χ4n) is 3.06. The number of unbranched alkanes of at least 4 members (excludes halogenated alkanes) is 11. The molecule has 0 N–H and O–H groups in total. The van der Waals surface area contributed by atoms with Crippen molar-refractivity contribution in [1.29, 1.82) is 0 Å². The van der Waals surface area contributed by atoms with E-state index >= 15 is 0 Å². The predicted molar refractivity (Wildman–Crippen MR) is 113 cm³/mol. The van der Waals surface area contributed by atoms with Gasteiger partial charge in [0, 0.05) is 0 Å². The van der Waals surface area contributed by atoms with Crippen molar-refractivity contribution in [1.82, 2.24) is 0 Å². The standard InChI is InChI=1S/C21H43NO5S/c1-5-6-7-8-9-10-11-12-13-14-15-16-17-20(28(24,25)26)21(23)27-19-18-22(2,3)4/h20H,5-19H2,1-4H3. The zero-order valence-corrected chi connectivity index (χ0v) is 19.4. The molecule has 0 aliphatic heterocycles. The van der Waals surface area contributed by atoms with Crippen LogP contribution >= 0.6 is 0 Å². The van der Waals surface area contributed by atoms with Crippen LogP contribution < -0.4 is 0 Å². The van der Waals surface area contributed by atoms with Crippen LogP contribution in [0.5, 0.6) is 0 Å². The molecule has 0 aromatic carbocycles. The molecular weight excluding hydrogens is 378 g/mol. The summed E-state index contributed by atoms with van der Waals surface area (Å²) in [5, 5.41) is -1.57. The summed E-state index contributed by atoms with van der Waals surface area (Å²) in [6.45, 7) is 2.91. The molecule has 0 spiro atoms. The number of rotatable bonds is 18. The smallest absolute Gasteiger partial charge is 0.323 e. The Kier molecular flexibility index (Phi) is 14.9. The first-order chi connectivity index (χ1) is 13.1. The molecule has 0 radical (unpaired) electrons. The number of likely N-dealkylation sites (N-methyl/N-ethyl adjacent to an activating group) is 1. The van der Waals surface area contributed by atoms with Gasteiger partial charge in [0.15, 0.2) is 0 Å². The summed E-state index contributed by atoms with van der Waals surface area (Å²) < 4.78 is 39.8. The highest BCUT2D eigenvalue weighted by atomic mass is 32.2. The largest absolute Gasteiger partial charge is 0.747 e. The molecule has 1 atom stereocenters. The molecule has 0 rings (SSSR count). The van der Waals surface area contributed by atoms with Crippen molar-refractivity contribution in [3.05, 3.63) is 0 Å². The van der Waals surface area contributed by atoms with Gasteiger partial charge < -0.3 is 13.8 Å². The number of carbonyl (C=O) groups excluding carboxylic acids is 1. The molecule has 0 aliphatic carbocycles. The molecule has 0 amide bonds. The summed E-state index contributed by atoms with van der Waals surface area (Å²) >= 11 is 0. The molecule has 7 heteroatoms. The first kappa shape index (κ1) is 27.3. The zero-order chi connectivity index (χ0) is 21.5. The number of hydrogen-bond acceptors (Lipinski definition) is 5. The monoisotopic (exact) mass is 421 g/mol. The average Bonchev–Trinajstić information content (AvgIpc) is 2.56. The maximum atomic E-state index is 12.0. The molecule has 0 fully saturated rings. The maximum Gasteiger partial charge on any atom is 0.323 e. The molecule has 0 aromatic heterocycles. The average molecular weight is 422 g/mol. The summed E-state index contributed by atoms with van der Waals surface area (Å²) in [6.07, 6.45) is 14.0. The minimum Gasteiger partial charge on any atom is -0.747 e. The van der Waals surface area contributed by atoms with Crippen molar-refractivity contribution in [2.75, 3.05) is 34.3 Å². The van der Waals surface area contributed by atoms with Gasteiger partial charge in [-0.05, 0) is 6.42 Å². The highest BCUT2D eigenvalue weighted by Crippen LogP contribution is 2.16. The van der Waals surface area contributed by atoms with Crippen molar-refractivity contribution in [2.24, 2.45) is 0 Å². The van der Waals surface area contributed by atoms with Crippen LogP contribution in [0.1, 0.15) is 90.4 Å². The van der Waals surface area contributed by atoms with Crippen LogP contribution in [0.25, 0.3) is 0 Å². The second-order valence-corrected chi connectivity index (χ2v) is 10.4. The number of quaternary nitrogens is 1. The van der Waals surface area contributed by atoms with E-state index in [-0.39, 0.29) is 13.0 Å². The van der Waals surface area contributed by atoms with Gasteiger partial charge in [-0.1, -0.05) is 84.0 Å². The summed E-state index contributed by atoms with van der Waals surface area (Å²) in [7, 11) is 1.17. The molecule has 28 heavy (non-hydrogen) atoms. The topological polar surface area (TPSA) is 83.5 Å². The van der Waals surface area contributed by atoms with Gasteiger partial charge in [-0.3, -0.25) is 4.79 Å². The van der Waals surface area contributed by atoms with Crippen molar-refractivity contribution in [2.45, 2.75) is 95.6 Å². The van der Waals surface area contributed by atoms with Crippen LogP contribution in [0, 0.1) is 0 Å². The van der Waals surface area contributed by atoms with Crippen LogP contribution in [0.15, 0.2) is 0 Å². The first-order valence-corrected chi connectivity index (χ1v) is 12.5. The van der Waals surface area contributed by atoms with Crippen molar-refractivity contribution < 1.29 is 27.0 Å². The van der Waals surface area contributed by atoms with E-state index in [2.05, 4.69) is 6.92 Å². The van der Waals surface area contributed by atoms with Crippen molar-refractivity contribution in [3.63, 3.8) is 0 Å². The Balaban J connectivity index is 3.89.